The number of anilines is 2. The Kier molecular flexibility index (Phi) is 6.30. The van der Waals surface area contributed by atoms with Crippen LogP contribution >= 0.6 is 11.3 Å². The van der Waals surface area contributed by atoms with E-state index in [4.69, 9.17) is 4.74 Å². The van der Waals surface area contributed by atoms with Gasteiger partial charge < -0.3 is 15.4 Å². The molecule has 1 aliphatic rings. The van der Waals surface area contributed by atoms with E-state index in [1.165, 1.54) is 29.5 Å². The number of benzene rings is 1. The predicted molar refractivity (Wildman–Crippen MR) is 118 cm³/mol. The molecule has 2 aromatic heterocycles. The summed E-state index contributed by atoms with van der Waals surface area (Å²) in [5.41, 5.74) is 1.31. The predicted octanol–water partition coefficient (Wildman–Crippen LogP) is 3.00. The first-order valence-electron chi connectivity index (χ1n) is 10.0. The van der Waals surface area contributed by atoms with Crippen LogP contribution < -0.4 is 10.6 Å². The highest BCUT2D eigenvalue weighted by atomic mass is 32.1. The molecule has 4 rings (SSSR count). The molecule has 3 aromatic rings. The number of aryl methyl sites for hydroxylation is 2. The van der Waals surface area contributed by atoms with E-state index in [1.54, 1.807) is 10.7 Å². The number of carbonyl (C=O) groups excluding carboxylic acids is 2. The van der Waals surface area contributed by atoms with E-state index >= 15 is 0 Å². The third kappa shape index (κ3) is 4.92. The summed E-state index contributed by atoms with van der Waals surface area (Å²) < 4.78 is 21.2. The summed E-state index contributed by atoms with van der Waals surface area (Å²) in [6.45, 7) is 5.38. The van der Waals surface area contributed by atoms with Gasteiger partial charge in [-0.3, -0.25) is 19.2 Å². The topological polar surface area (TPSA) is 88.5 Å². The summed E-state index contributed by atoms with van der Waals surface area (Å²) in [6.07, 6.45) is 0.255. The molecule has 31 heavy (non-hydrogen) atoms. The normalized spacial score (nSPS) is 14.7. The van der Waals surface area contributed by atoms with E-state index < -0.39 is 5.82 Å². The van der Waals surface area contributed by atoms with Gasteiger partial charge in [0.25, 0.3) is 5.91 Å². The number of hydrogen-bond acceptors (Lipinski definition) is 6. The fraction of sp³-hybridized carbons (Fsp3) is 0.381. The van der Waals surface area contributed by atoms with Gasteiger partial charge >= 0.3 is 0 Å². The van der Waals surface area contributed by atoms with Crippen LogP contribution in [0.2, 0.25) is 0 Å². The molecule has 0 saturated carbocycles. The SMILES string of the molecule is Cc1nn(C)c2sc(C(=O)Nc3ccc(F)c(NC(=O)CCN4CCOCC4)c3)cc12. The fourth-order valence-corrected chi connectivity index (χ4v) is 4.52. The van der Waals surface area contributed by atoms with Gasteiger partial charge in [0.1, 0.15) is 10.6 Å². The molecule has 0 spiro atoms. The molecular formula is C21H24FN5O3S. The van der Waals surface area contributed by atoms with Crippen molar-refractivity contribution in [2.45, 2.75) is 13.3 Å². The molecular weight excluding hydrogens is 421 g/mol. The third-order valence-electron chi connectivity index (χ3n) is 5.18. The van der Waals surface area contributed by atoms with E-state index in [0.29, 0.717) is 30.3 Å². The van der Waals surface area contributed by atoms with Crippen LogP contribution in [0.5, 0.6) is 0 Å². The Labute approximate surface area is 183 Å². The summed E-state index contributed by atoms with van der Waals surface area (Å²) in [5, 5.41) is 10.6. The zero-order valence-electron chi connectivity index (χ0n) is 17.4. The van der Waals surface area contributed by atoms with Crippen molar-refractivity contribution >= 4 is 44.7 Å². The molecule has 2 N–H and O–H groups in total. The number of nitrogens with one attached hydrogen (secondary N) is 2. The van der Waals surface area contributed by atoms with Gasteiger partial charge in [-0.15, -0.1) is 11.3 Å². The quantitative estimate of drug-likeness (QED) is 0.609. The average Bonchev–Trinajstić information content (AvgIpc) is 3.31. The van der Waals surface area contributed by atoms with E-state index in [1.807, 2.05) is 14.0 Å². The van der Waals surface area contributed by atoms with Crippen LogP contribution in [0, 0.1) is 12.7 Å². The number of rotatable bonds is 6. The Morgan fingerprint density at radius 1 is 1.23 bits per heavy atom. The maximum absolute atomic E-state index is 14.2. The Morgan fingerprint density at radius 2 is 2.00 bits per heavy atom. The molecule has 1 aromatic carbocycles. The lowest BCUT2D eigenvalue weighted by molar-refractivity contribution is -0.116. The van der Waals surface area contributed by atoms with Gasteiger partial charge in [0.2, 0.25) is 5.91 Å². The van der Waals surface area contributed by atoms with E-state index in [0.717, 1.165) is 29.0 Å². The first-order valence-corrected chi connectivity index (χ1v) is 10.9. The summed E-state index contributed by atoms with van der Waals surface area (Å²) in [7, 11) is 1.83. The molecule has 3 heterocycles. The maximum atomic E-state index is 14.2. The van der Waals surface area contributed by atoms with Crippen molar-refractivity contribution in [2.24, 2.45) is 7.05 Å². The Bertz CT molecular complexity index is 1090. The molecule has 0 unspecified atom stereocenters. The number of ether oxygens (including phenoxy) is 1. The molecule has 0 atom stereocenters. The average molecular weight is 446 g/mol. The third-order valence-corrected chi connectivity index (χ3v) is 6.38. The van der Waals surface area contributed by atoms with Gasteiger partial charge in [-0.05, 0) is 31.2 Å². The molecule has 8 nitrogen and oxygen atoms in total. The highest BCUT2D eigenvalue weighted by Crippen LogP contribution is 2.28. The molecule has 0 radical (unpaired) electrons. The van der Waals surface area contributed by atoms with Gasteiger partial charge in [0.15, 0.2) is 0 Å². The van der Waals surface area contributed by atoms with Crippen molar-refractivity contribution in [1.82, 2.24) is 14.7 Å². The van der Waals surface area contributed by atoms with Crippen LogP contribution in [0.3, 0.4) is 0 Å². The molecule has 1 fully saturated rings. The number of carbonyl (C=O) groups is 2. The van der Waals surface area contributed by atoms with Gasteiger partial charge in [-0.25, -0.2) is 4.39 Å². The number of amides is 2. The van der Waals surface area contributed by atoms with Crippen molar-refractivity contribution in [2.75, 3.05) is 43.5 Å². The number of thiophene rings is 1. The fourth-order valence-electron chi connectivity index (χ4n) is 3.51. The number of aromatic nitrogens is 2. The second kappa shape index (κ2) is 9.13. The number of nitrogens with zero attached hydrogens (tertiary/aromatic N) is 3. The minimum atomic E-state index is -0.554. The van der Waals surface area contributed by atoms with Crippen molar-refractivity contribution < 1.29 is 18.7 Å². The zero-order valence-corrected chi connectivity index (χ0v) is 18.2. The first kappa shape index (κ1) is 21.4. The van der Waals surface area contributed by atoms with Gasteiger partial charge in [-0.2, -0.15) is 5.10 Å². The second-order valence-electron chi connectivity index (χ2n) is 7.44. The molecule has 0 aliphatic carbocycles. The lowest BCUT2D eigenvalue weighted by atomic mass is 10.2. The lowest BCUT2D eigenvalue weighted by Crippen LogP contribution is -2.38. The van der Waals surface area contributed by atoms with E-state index in [-0.39, 0.29) is 23.9 Å². The molecule has 1 saturated heterocycles. The van der Waals surface area contributed by atoms with Crippen LogP contribution in [-0.4, -0.2) is 59.3 Å². The van der Waals surface area contributed by atoms with Gasteiger partial charge in [0.05, 0.1) is 29.5 Å². The highest BCUT2D eigenvalue weighted by Gasteiger charge is 2.17. The van der Waals surface area contributed by atoms with Crippen molar-refractivity contribution in [3.05, 3.63) is 40.7 Å². The van der Waals surface area contributed by atoms with Crippen molar-refractivity contribution in [3.63, 3.8) is 0 Å². The number of halogens is 1. The van der Waals surface area contributed by atoms with Crippen LogP contribution in [0.15, 0.2) is 24.3 Å². The monoisotopic (exact) mass is 445 g/mol. The molecule has 2 amide bonds. The first-order chi connectivity index (χ1) is 14.9. The summed E-state index contributed by atoms with van der Waals surface area (Å²) in [4.78, 5) is 28.5. The highest BCUT2D eigenvalue weighted by molar-refractivity contribution is 7.20. The second-order valence-corrected chi connectivity index (χ2v) is 8.47. The summed E-state index contributed by atoms with van der Waals surface area (Å²) >= 11 is 1.34. The largest absolute Gasteiger partial charge is 0.379 e. The number of morpholine rings is 1. The van der Waals surface area contributed by atoms with Crippen LogP contribution in [0.25, 0.3) is 10.2 Å². The van der Waals surface area contributed by atoms with Crippen LogP contribution in [0.4, 0.5) is 15.8 Å². The van der Waals surface area contributed by atoms with E-state index in [2.05, 4.69) is 20.6 Å². The zero-order chi connectivity index (χ0) is 22.0. The Hall–Kier alpha value is -2.82. The number of hydrogen-bond donors (Lipinski definition) is 2. The van der Waals surface area contributed by atoms with E-state index in [9.17, 15) is 14.0 Å². The minimum Gasteiger partial charge on any atom is -0.379 e. The maximum Gasteiger partial charge on any atom is 0.265 e. The van der Waals surface area contributed by atoms with Crippen molar-refractivity contribution in [1.29, 1.82) is 0 Å². The molecule has 164 valence electrons. The standard InChI is InChI=1S/C21H24FN5O3S/c1-13-15-12-18(31-21(15)26(2)25-13)20(29)23-14-3-4-16(22)17(11-14)24-19(28)5-6-27-7-9-30-10-8-27/h3-4,11-12H,5-10H2,1-2H3,(H,23,29)(H,24,28). The summed E-state index contributed by atoms with van der Waals surface area (Å²) in [6, 6.07) is 5.93. The molecule has 0 bridgehead atoms. The van der Waals surface area contributed by atoms with Crippen molar-refractivity contribution in [3.8, 4) is 0 Å². The molecule has 1 aliphatic heterocycles. The van der Waals surface area contributed by atoms with Crippen LogP contribution in [0.1, 0.15) is 21.8 Å². The lowest BCUT2D eigenvalue weighted by Gasteiger charge is -2.26. The Morgan fingerprint density at radius 3 is 2.74 bits per heavy atom. The molecule has 10 heteroatoms. The minimum absolute atomic E-state index is 0.0427. The van der Waals surface area contributed by atoms with Gasteiger partial charge in [-0.1, -0.05) is 0 Å². The van der Waals surface area contributed by atoms with Gasteiger partial charge in [0, 0.05) is 44.2 Å². The smallest absolute Gasteiger partial charge is 0.265 e. The summed E-state index contributed by atoms with van der Waals surface area (Å²) in [5.74, 6) is -1.13. The number of fused-ring (bicyclic) bond motifs is 1. The van der Waals surface area contributed by atoms with Crippen LogP contribution in [-0.2, 0) is 16.6 Å². The Balaban J connectivity index is 1.39.